The van der Waals surface area contributed by atoms with Gasteiger partial charge in [-0.2, -0.15) is 4.31 Å². The lowest BCUT2D eigenvalue weighted by molar-refractivity contribution is -0.119. The van der Waals surface area contributed by atoms with Gasteiger partial charge in [0.1, 0.15) is 4.90 Å². The van der Waals surface area contributed by atoms with Gasteiger partial charge in [0.2, 0.25) is 10.0 Å². The van der Waals surface area contributed by atoms with E-state index in [1.165, 1.54) is 4.31 Å². The monoisotopic (exact) mass is 550 g/mol. The minimum absolute atomic E-state index is 0.0933. The maximum atomic E-state index is 12.9. The van der Waals surface area contributed by atoms with Gasteiger partial charge in [0.05, 0.1) is 28.8 Å². The van der Waals surface area contributed by atoms with Gasteiger partial charge in [-0.15, -0.1) is 0 Å². The van der Waals surface area contributed by atoms with Gasteiger partial charge in [0.25, 0.3) is 5.91 Å². The molecule has 0 unspecified atom stereocenters. The summed E-state index contributed by atoms with van der Waals surface area (Å²) in [4.78, 5) is 24.2. The Morgan fingerprint density at radius 2 is 1.74 bits per heavy atom. The fourth-order valence-corrected chi connectivity index (χ4v) is 5.25. The number of carbonyl (C=O) groups is 2. The third-order valence-corrected chi connectivity index (χ3v) is 7.50. The highest BCUT2D eigenvalue weighted by molar-refractivity contribution is 9.10. The molecule has 0 saturated carbocycles. The highest BCUT2D eigenvalue weighted by atomic mass is 79.9. The summed E-state index contributed by atoms with van der Waals surface area (Å²) < 4.78 is 38.1. The van der Waals surface area contributed by atoms with Crippen LogP contribution < -0.4 is 5.32 Å². The number of morpholine rings is 1. The van der Waals surface area contributed by atoms with Crippen molar-refractivity contribution in [2.24, 2.45) is 0 Å². The van der Waals surface area contributed by atoms with Crippen LogP contribution in [0, 0.1) is 0 Å². The van der Waals surface area contributed by atoms with Gasteiger partial charge in [-0.05, 0) is 36.4 Å². The van der Waals surface area contributed by atoms with Gasteiger partial charge < -0.3 is 14.8 Å². The van der Waals surface area contributed by atoms with Crippen molar-refractivity contribution in [2.45, 2.75) is 4.90 Å². The number of nitrogens with one attached hydrogen (secondary N) is 1. The van der Waals surface area contributed by atoms with Crippen LogP contribution in [0.3, 0.4) is 0 Å². The Morgan fingerprint density at radius 3 is 2.39 bits per heavy atom. The lowest BCUT2D eigenvalue weighted by atomic mass is 10.2. The lowest BCUT2D eigenvalue weighted by Gasteiger charge is -2.26. The molecule has 0 aliphatic carbocycles. The van der Waals surface area contributed by atoms with E-state index in [0.29, 0.717) is 5.69 Å². The van der Waals surface area contributed by atoms with E-state index in [1.54, 1.807) is 24.3 Å². The van der Waals surface area contributed by atoms with Gasteiger partial charge in [0, 0.05) is 23.2 Å². The first-order valence-electron chi connectivity index (χ1n) is 8.98. The zero-order chi connectivity index (χ0) is 22.6. The molecule has 2 aromatic rings. The molecule has 12 heteroatoms. The third kappa shape index (κ3) is 5.97. The van der Waals surface area contributed by atoms with Crippen LogP contribution in [0.2, 0.25) is 10.0 Å². The van der Waals surface area contributed by atoms with Gasteiger partial charge in [-0.25, -0.2) is 13.2 Å². The minimum atomic E-state index is -3.97. The topological polar surface area (TPSA) is 102 Å². The van der Waals surface area contributed by atoms with Crippen LogP contribution >= 0.6 is 39.1 Å². The largest absolute Gasteiger partial charge is 0.452 e. The number of hydrogen-bond acceptors (Lipinski definition) is 6. The Labute approximate surface area is 197 Å². The number of sulfonamides is 1. The highest BCUT2D eigenvalue weighted by Gasteiger charge is 2.30. The zero-order valence-corrected chi connectivity index (χ0v) is 19.9. The van der Waals surface area contributed by atoms with Crippen LogP contribution in [0.4, 0.5) is 5.69 Å². The number of amides is 1. The van der Waals surface area contributed by atoms with E-state index in [0.717, 1.165) is 16.6 Å². The summed E-state index contributed by atoms with van der Waals surface area (Å²) >= 11 is 15.5. The molecule has 0 bridgehead atoms. The predicted octanol–water partition coefficient (Wildman–Crippen LogP) is 3.57. The molecule has 0 radical (unpaired) electrons. The summed E-state index contributed by atoms with van der Waals surface area (Å²) in [6.45, 7) is 0.258. The highest BCUT2D eigenvalue weighted by Crippen LogP contribution is 2.31. The van der Waals surface area contributed by atoms with Crippen molar-refractivity contribution in [3.8, 4) is 0 Å². The number of rotatable bonds is 6. The number of halogens is 3. The van der Waals surface area contributed by atoms with Crippen molar-refractivity contribution in [3.05, 3.63) is 56.5 Å². The van der Waals surface area contributed by atoms with Crippen LogP contribution in [0.15, 0.2) is 45.8 Å². The second-order valence-electron chi connectivity index (χ2n) is 6.41. The van der Waals surface area contributed by atoms with Crippen LogP contribution in [0.25, 0.3) is 0 Å². The summed E-state index contributed by atoms with van der Waals surface area (Å²) in [6.07, 6.45) is 0. The van der Waals surface area contributed by atoms with Crippen molar-refractivity contribution in [1.29, 1.82) is 0 Å². The SMILES string of the molecule is O=C(COC(=O)c1cc(S(=O)(=O)N2CCOCC2)c(Cl)cc1Cl)Nc1ccc(Br)cc1. The van der Waals surface area contributed by atoms with Gasteiger partial charge in [0.15, 0.2) is 6.61 Å². The van der Waals surface area contributed by atoms with Gasteiger partial charge >= 0.3 is 5.97 Å². The molecule has 1 aliphatic rings. The van der Waals surface area contributed by atoms with E-state index in [9.17, 15) is 18.0 Å². The fourth-order valence-electron chi connectivity index (χ4n) is 2.75. The Hall–Kier alpha value is -1.69. The van der Waals surface area contributed by atoms with Crippen LogP contribution in [-0.4, -0.2) is 57.5 Å². The second-order valence-corrected chi connectivity index (χ2v) is 10.0. The molecule has 31 heavy (non-hydrogen) atoms. The quantitative estimate of drug-likeness (QED) is 0.551. The molecule has 1 aliphatic heterocycles. The molecule has 0 spiro atoms. The molecule has 2 aromatic carbocycles. The Kier molecular flexibility index (Phi) is 7.95. The predicted molar refractivity (Wildman–Crippen MR) is 119 cm³/mol. The first kappa shape index (κ1) is 24.0. The first-order chi connectivity index (χ1) is 14.7. The third-order valence-electron chi connectivity index (χ3n) is 4.29. The number of anilines is 1. The molecule has 1 fully saturated rings. The maximum absolute atomic E-state index is 12.9. The minimum Gasteiger partial charge on any atom is -0.452 e. The maximum Gasteiger partial charge on any atom is 0.340 e. The molecule has 1 amide bonds. The molecule has 0 atom stereocenters. The Balaban J connectivity index is 1.72. The molecule has 8 nitrogen and oxygen atoms in total. The number of esters is 1. The summed E-state index contributed by atoms with van der Waals surface area (Å²) in [5.41, 5.74) is 0.307. The molecule has 166 valence electrons. The second kappa shape index (κ2) is 10.3. The summed E-state index contributed by atoms with van der Waals surface area (Å²) in [5, 5.41) is 2.36. The fraction of sp³-hybridized carbons (Fsp3) is 0.263. The smallest absolute Gasteiger partial charge is 0.340 e. The molecular weight excluding hydrogens is 535 g/mol. The van der Waals surface area contributed by atoms with Crippen molar-refractivity contribution in [1.82, 2.24) is 4.31 Å². The molecule has 1 N–H and O–H groups in total. The first-order valence-corrected chi connectivity index (χ1v) is 12.0. The number of nitrogens with zero attached hydrogens (tertiary/aromatic N) is 1. The van der Waals surface area contributed by atoms with E-state index >= 15 is 0 Å². The molecule has 1 heterocycles. The summed E-state index contributed by atoms with van der Waals surface area (Å²) in [6, 6.07) is 9.04. The zero-order valence-electron chi connectivity index (χ0n) is 15.9. The number of benzene rings is 2. The molecule has 1 saturated heterocycles. The normalized spacial score (nSPS) is 14.8. The van der Waals surface area contributed by atoms with E-state index in [-0.39, 0.29) is 46.8 Å². The van der Waals surface area contributed by atoms with Gasteiger partial charge in [-0.3, -0.25) is 4.79 Å². The van der Waals surface area contributed by atoms with E-state index < -0.39 is 28.5 Å². The van der Waals surface area contributed by atoms with E-state index in [2.05, 4.69) is 21.2 Å². The molecule has 0 aromatic heterocycles. The van der Waals surface area contributed by atoms with Crippen LogP contribution in [0.1, 0.15) is 10.4 Å². The lowest BCUT2D eigenvalue weighted by Crippen LogP contribution is -2.40. The Morgan fingerprint density at radius 1 is 1.10 bits per heavy atom. The van der Waals surface area contributed by atoms with Gasteiger partial charge in [-0.1, -0.05) is 39.1 Å². The van der Waals surface area contributed by atoms with E-state index in [1.807, 2.05) is 0 Å². The molecule has 3 rings (SSSR count). The number of ether oxygens (including phenoxy) is 2. The average Bonchev–Trinajstić information content (AvgIpc) is 2.74. The summed E-state index contributed by atoms with van der Waals surface area (Å²) in [7, 11) is -3.97. The number of hydrogen-bond donors (Lipinski definition) is 1. The summed E-state index contributed by atoms with van der Waals surface area (Å²) in [5.74, 6) is -1.52. The van der Waals surface area contributed by atoms with Crippen LogP contribution in [-0.2, 0) is 24.3 Å². The van der Waals surface area contributed by atoms with Crippen molar-refractivity contribution < 1.29 is 27.5 Å². The van der Waals surface area contributed by atoms with Crippen molar-refractivity contribution in [3.63, 3.8) is 0 Å². The van der Waals surface area contributed by atoms with Crippen LogP contribution in [0.5, 0.6) is 0 Å². The van der Waals surface area contributed by atoms with Crippen molar-refractivity contribution >= 4 is 66.7 Å². The average molecular weight is 552 g/mol. The standard InChI is InChI=1S/C19H17BrCl2N2O6S/c20-12-1-3-13(4-2-12)23-18(25)11-30-19(26)14-9-17(16(22)10-15(14)21)31(27,28)24-5-7-29-8-6-24/h1-4,9-10H,5-8,11H2,(H,23,25). The molecular formula is C19H17BrCl2N2O6S. The number of carbonyl (C=O) groups excluding carboxylic acids is 2. The van der Waals surface area contributed by atoms with E-state index in [4.69, 9.17) is 32.7 Å². The Bertz CT molecular complexity index is 1090. The van der Waals surface area contributed by atoms with Crippen molar-refractivity contribution in [2.75, 3.05) is 38.2 Å².